The van der Waals surface area contributed by atoms with E-state index in [4.69, 9.17) is 10.2 Å². The van der Waals surface area contributed by atoms with E-state index in [-0.39, 0.29) is 30.5 Å². The molecule has 7 nitrogen and oxygen atoms in total. The Bertz CT molecular complexity index is 596. The molecule has 0 aliphatic carbocycles. The maximum absolute atomic E-state index is 12.4. The van der Waals surface area contributed by atoms with E-state index in [1.165, 1.54) is 0 Å². The minimum Gasteiger partial charge on any atom is -0.396 e. The van der Waals surface area contributed by atoms with E-state index >= 15 is 0 Å². The zero-order valence-electron chi connectivity index (χ0n) is 17.2. The average molecular weight is 379 g/mol. The third-order valence-corrected chi connectivity index (χ3v) is 4.22. The molecule has 1 rings (SSSR count). The van der Waals surface area contributed by atoms with E-state index in [0.717, 1.165) is 12.0 Å². The largest absolute Gasteiger partial charge is 0.396 e. The SMILES string of the molecule is CCCC(=O)N(CCONCC(CO)C(=N)C(C)(C)C)c1ccc(C)cn1. The molecular weight excluding hydrogens is 344 g/mol. The summed E-state index contributed by atoms with van der Waals surface area (Å²) in [6, 6.07) is 3.76. The predicted octanol–water partition coefficient (Wildman–Crippen LogP) is 2.72. The molecule has 0 spiro atoms. The Hall–Kier alpha value is -1.83. The van der Waals surface area contributed by atoms with Crippen molar-refractivity contribution in [1.29, 1.82) is 5.41 Å². The molecule has 1 atom stereocenters. The lowest BCUT2D eigenvalue weighted by Gasteiger charge is -2.27. The van der Waals surface area contributed by atoms with Crippen LogP contribution in [0.1, 0.15) is 46.1 Å². The van der Waals surface area contributed by atoms with Gasteiger partial charge in [-0.2, -0.15) is 0 Å². The Balaban J connectivity index is 2.55. The van der Waals surface area contributed by atoms with Gasteiger partial charge in [0, 0.05) is 30.8 Å². The van der Waals surface area contributed by atoms with Crippen LogP contribution in [0.4, 0.5) is 5.82 Å². The second-order valence-electron chi connectivity index (χ2n) is 7.73. The number of hydrogen-bond acceptors (Lipinski definition) is 6. The van der Waals surface area contributed by atoms with Gasteiger partial charge in [-0.1, -0.05) is 33.8 Å². The van der Waals surface area contributed by atoms with Crippen molar-refractivity contribution < 1.29 is 14.7 Å². The molecule has 3 N–H and O–H groups in total. The summed E-state index contributed by atoms with van der Waals surface area (Å²) in [6.45, 7) is 10.7. The third-order valence-electron chi connectivity index (χ3n) is 4.22. The first-order valence-corrected chi connectivity index (χ1v) is 9.48. The number of aromatic nitrogens is 1. The van der Waals surface area contributed by atoms with E-state index in [1.54, 1.807) is 11.1 Å². The maximum atomic E-state index is 12.4. The van der Waals surface area contributed by atoms with Gasteiger partial charge in [0.1, 0.15) is 5.82 Å². The number of aryl methyl sites for hydroxylation is 1. The molecule has 0 saturated heterocycles. The van der Waals surface area contributed by atoms with Crippen LogP contribution in [0.5, 0.6) is 0 Å². The summed E-state index contributed by atoms with van der Waals surface area (Å²) in [5.74, 6) is 0.326. The fourth-order valence-corrected chi connectivity index (χ4v) is 2.57. The van der Waals surface area contributed by atoms with E-state index in [0.29, 0.717) is 31.0 Å². The van der Waals surface area contributed by atoms with Crippen molar-refractivity contribution in [3.63, 3.8) is 0 Å². The highest BCUT2D eigenvalue weighted by molar-refractivity contribution is 5.92. The van der Waals surface area contributed by atoms with Gasteiger partial charge in [0.05, 0.1) is 19.8 Å². The molecule has 0 fully saturated rings. The Labute approximate surface area is 162 Å². The molecule has 0 aliphatic rings. The van der Waals surface area contributed by atoms with Gasteiger partial charge in [0.25, 0.3) is 0 Å². The van der Waals surface area contributed by atoms with Gasteiger partial charge in [-0.25, -0.2) is 10.5 Å². The number of rotatable bonds is 11. The molecule has 1 unspecified atom stereocenters. The van der Waals surface area contributed by atoms with E-state index in [1.807, 2.05) is 46.8 Å². The average Bonchev–Trinajstić information content (AvgIpc) is 2.61. The quantitative estimate of drug-likeness (QED) is 0.312. The fourth-order valence-electron chi connectivity index (χ4n) is 2.57. The summed E-state index contributed by atoms with van der Waals surface area (Å²) in [7, 11) is 0. The zero-order valence-corrected chi connectivity index (χ0v) is 17.2. The number of nitrogens with one attached hydrogen (secondary N) is 2. The van der Waals surface area contributed by atoms with Crippen molar-refractivity contribution in [2.45, 2.75) is 47.5 Å². The van der Waals surface area contributed by atoms with Crippen LogP contribution in [-0.4, -0.2) is 48.0 Å². The normalized spacial score (nSPS) is 12.7. The molecule has 1 amide bonds. The van der Waals surface area contributed by atoms with Crippen LogP contribution in [-0.2, 0) is 9.63 Å². The minimum absolute atomic E-state index is 0.0141. The number of aliphatic hydroxyl groups excluding tert-OH is 1. The monoisotopic (exact) mass is 378 g/mol. The van der Waals surface area contributed by atoms with Crippen molar-refractivity contribution in [3.8, 4) is 0 Å². The molecule has 1 aromatic rings. The van der Waals surface area contributed by atoms with Crippen LogP contribution in [0, 0.1) is 23.7 Å². The molecule has 0 saturated carbocycles. The summed E-state index contributed by atoms with van der Waals surface area (Å²) >= 11 is 0. The smallest absolute Gasteiger partial charge is 0.228 e. The second kappa shape index (κ2) is 11.1. The van der Waals surface area contributed by atoms with Gasteiger partial charge in [0.15, 0.2) is 0 Å². The number of amides is 1. The number of aliphatic hydroxyl groups is 1. The number of anilines is 1. The van der Waals surface area contributed by atoms with Gasteiger partial charge >= 0.3 is 0 Å². The highest BCUT2D eigenvalue weighted by Crippen LogP contribution is 2.20. The van der Waals surface area contributed by atoms with Crippen molar-refractivity contribution in [1.82, 2.24) is 10.5 Å². The number of carbonyl (C=O) groups is 1. The highest BCUT2D eigenvalue weighted by atomic mass is 16.6. The van der Waals surface area contributed by atoms with E-state index < -0.39 is 0 Å². The third kappa shape index (κ3) is 7.74. The van der Waals surface area contributed by atoms with Crippen molar-refractivity contribution in [2.24, 2.45) is 11.3 Å². The van der Waals surface area contributed by atoms with Gasteiger partial charge in [-0.3, -0.25) is 14.5 Å². The molecule has 0 bridgehead atoms. The molecule has 0 radical (unpaired) electrons. The Kier molecular flexibility index (Phi) is 9.55. The zero-order chi connectivity index (χ0) is 20.4. The Morgan fingerprint density at radius 2 is 2.11 bits per heavy atom. The number of hydroxylamine groups is 1. The topological polar surface area (TPSA) is 98.5 Å². The molecular formula is C20H34N4O3. The van der Waals surface area contributed by atoms with Crippen molar-refractivity contribution >= 4 is 17.4 Å². The number of nitrogens with zero attached hydrogens (tertiary/aromatic N) is 2. The lowest BCUT2D eigenvalue weighted by molar-refractivity contribution is -0.119. The number of hydrogen-bond donors (Lipinski definition) is 3. The molecule has 152 valence electrons. The summed E-state index contributed by atoms with van der Waals surface area (Å²) in [4.78, 5) is 23.8. The summed E-state index contributed by atoms with van der Waals surface area (Å²) in [6.07, 6.45) is 2.97. The first-order valence-electron chi connectivity index (χ1n) is 9.48. The molecule has 7 heteroatoms. The van der Waals surface area contributed by atoms with Gasteiger partial charge in [0.2, 0.25) is 5.91 Å². The van der Waals surface area contributed by atoms with Crippen LogP contribution in [0.15, 0.2) is 18.3 Å². The van der Waals surface area contributed by atoms with Crippen molar-refractivity contribution in [2.75, 3.05) is 31.2 Å². The van der Waals surface area contributed by atoms with E-state index in [2.05, 4.69) is 10.5 Å². The first kappa shape index (κ1) is 23.2. The molecule has 0 aliphatic heterocycles. The lowest BCUT2D eigenvalue weighted by atomic mass is 9.82. The van der Waals surface area contributed by atoms with Crippen LogP contribution in [0.3, 0.4) is 0 Å². The minimum atomic E-state index is -0.304. The van der Waals surface area contributed by atoms with E-state index in [9.17, 15) is 9.90 Å². The highest BCUT2D eigenvalue weighted by Gasteiger charge is 2.25. The molecule has 1 aromatic heterocycles. The summed E-state index contributed by atoms with van der Waals surface area (Å²) < 4.78 is 0. The number of pyridine rings is 1. The van der Waals surface area contributed by atoms with Crippen LogP contribution < -0.4 is 10.4 Å². The first-order chi connectivity index (χ1) is 12.7. The van der Waals surface area contributed by atoms with Crippen LogP contribution in [0.25, 0.3) is 0 Å². The van der Waals surface area contributed by atoms with Crippen LogP contribution in [0.2, 0.25) is 0 Å². The predicted molar refractivity (Wildman–Crippen MR) is 108 cm³/mol. The van der Waals surface area contributed by atoms with Gasteiger partial charge in [-0.05, 0) is 30.4 Å². The lowest BCUT2D eigenvalue weighted by Crippen LogP contribution is -2.39. The maximum Gasteiger partial charge on any atom is 0.228 e. The number of carbonyl (C=O) groups excluding carboxylic acids is 1. The Morgan fingerprint density at radius 3 is 2.63 bits per heavy atom. The fraction of sp³-hybridized carbons (Fsp3) is 0.650. The van der Waals surface area contributed by atoms with Crippen LogP contribution >= 0.6 is 0 Å². The standard InChI is InChI=1S/C20H34N4O3/c1-6-7-18(26)24(17-9-8-15(2)12-22-17)10-11-27-23-13-16(14-25)19(21)20(3,4)5/h8-9,12,16,21,23,25H,6-7,10-11,13-14H2,1-5H3. The molecule has 1 heterocycles. The van der Waals surface area contributed by atoms with Gasteiger partial charge < -0.3 is 10.5 Å². The summed E-state index contributed by atoms with van der Waals surface area (Å²) in [5, 5.41) is 17.7. The molecule has 0 aromatic carbocycles. The molecule has 27 heavy (non-hydrogen) atoms. The van der Waals surface area contributed by atoms with Gasteiger partial charge in [-0.15, -0.1) is 0 Å². The second-order valence-corrected chi connectivity index (χ2v) is 7.73. The summed E-state index contributed by atoms with van der Waals surface area (Å²) in [5.41, 5.74) is 4.04. The van der Waals surface area contributed by atoms with Crippen molar-refractivity contribution in [3.05, 3.63) is 23.9 Å². The Morgan fingerprint density at radius 1 is 1.41 bits per heavy atom.